The Bertz CT molecular complexity index is 1640. The van der Waals surface area contributed by atoms with Gasteiger partial charge in [0.1, 0.15) is 13.2 Å². The van der Waals surface area contributed by atoms with Crippen LogP contribution in [0.2, 0.25) is 0 Å². The number of unbranched alkanes of at least 4 members (excludes halogenated alkanes) is 18. The second-order valence-electron chi connectivity index (χ2n) is 20.6. The van der Waals surface area contributed by atoms with Gasteiger partial charge in [0.25, 0.3) is 6.29 Å². The van der Waals surface area contributed by atoms with Gasteiger partial charge >= 0.3 is 17.9 Å². The molecule has 0 rings (SSSR count). The predicted octanol–water partition coefficient (Wildman–Crippen LogP) is 17.7. The number of likely N-dealkylation sites (N-methyl/N-ethyl adjacent to an activating group) is 1. The van der Waals surface area contributed by atoms with Gasteiger partial charge < -0.3 is 28.5 Å². The number of esters is 2. The van der Waals surface area contributed by atoms with Crippen LogP contribution in [0.1, 0.15) is 219 Å². The molecule has 9 heteroatoms. The molecule has 0 radical (unpaired) electrons. The largest absolute Gasteiger partial charge is 0.477 e. The molecule has 0 aromatic heterocycles. The topological polar surface area (TPSA) is 108 Å². The Hall–Kier alpha value is -4.31. The third-order valence-corrected chi connectivity index (χ3v) is 12.2. The van der Waals surface area contributed by atoms with E-state index in [2.05, 4.69) is 135 Å². The molecule has 75 heavy (non-hydrogen) atoms. The Morgan fingerprint density at radius 2 is 0.760 bits per heavy atom. The Labute approximate surface area is 459 Å². The van der Waals surface area contributed by atoms with Crippen molar-refractivity contribution >= 4 is 17.9 Å². The lowest BCUT2D eigenvalue weighted by Gasteiger charge is -2.25. The van der Waals surface area contributed by atoms with Crippen LogP contribution in [-0.2, 0) is 33.3 Å². The molecule has 0 spiro atoms. The van der Waals surface area contributed by atoms with Gasteiger partial charge in [0.15, 0.2) is 6.10 Å². The predicted molar refractivity (Wildman–Crippen MR) is 318 cm³/mol. The number of carboxylic acids is 1. The lowest BCUT2D eigenvalue weighted by atomic mass is 10.1. The van der Waals surface area contributed by atoms with Gasteiger partial charge in [-0.05, 0) is 109 Å². The summed E-state index contributed by atoms with van der Waals surface area (Å²) in [5, 5.41) is 9.71. The van der Waals surface area contributed by atoms with Crippen molar-refractivity contribution in [3.63, 3.8) is 0 Å². The molecule has 0 aromatic carbocycles. The number of rotatable bonds is 53. The van der Waals surface area contributed by atoms with Crippen LogP contribution in [0.3, 0.4) is 0 Å². The molecule has 1 N–H and O–H groups in total. The lowest BCUT2D eigenvalue weighted by Crippen LogP contribution is -2.40. The Morgan fingerprint density at radius 3 is 1.13 bits per heavy atom. The maximum absolute atomic E-state index is 12.9. The molecule has 0 aliphatic rings. The van der Waals surface area contributed by atoms with Crippen molar-refractivity contribution in [3.05, 3.63) is 122 Å². The highest BCUT2D eigenvalue weighted by atomic mass is 16.7. The summed E-state index contributed by atoms with van der Waals surface area (Å²) in [6.45, 7) is 4.70. The van der Waals surface area contributed by atoms with E-state index in [9.17, 15) is 19.5 Å². The van der Waals surface area contributed by atoms with Gasteiger partial charge in [0.2, 0.25) is 0 Å². The maximum Gasteiger partial charge on any atom is 0.361 e. The molecule has 426 valence electrons. The van der Waals surface area contributed by atoms with Crippen molar-refractivity contribution in [2.24, 2.45) is 0 Å². The number of ether oxygens (including phenoxy) is 4. The summed E-state index contributed by atoms with van der Waals surface area (Å²) in [7, 11) is 5.95. The summed E-state index contributed by atoms with van der Waals surface area (Å²) >= 11 is 0. The first kappa shape index (κ1) is 70.7. The minimum atomic E-state index is -1.52. The van der Waals surface area contributed by atoms with Gasteiger partial charge in [-0.15, -0.1) is 0 Å². The fraction of sp³-hybridized carbons (Fsp3) is 0.652. The summed E-state index contributed by atoms with van der Waals surface area (Å²) in [4.78, 5) is 37.4. The van der Waals surface area contributed by atoms with Crippen LogP contribution in [0, 0.1) is 0 Å². The number of nitrogens with zero attached hydrogens (tertiary/aromatic N) is 1. The van der Waals surface area contributed by atoms with Crippen LogP contribution in [-0.4, -0.2) is 87.4 Å². The van der Waals surface area contributed by atoms with Crippen LogP contribution in [0.4, 0.5) is 0 Å². The molecule has 0 aliphatic carbocycles. The molecule has 2 atom stereocenters. The minimum Gasteiger partial charge on any atom is -0.477 e. The lowest BCUT2D eigenvalue weighted by molar-refractivity contribution is -0.870. The molecule has 9 nitrogen and oxygen atoms in total. The van der Waals surface area contributed by atoms with Crippen molar-refractivity contribution in [1.82, 2.24) is 0 Å². The van der Waals surface area contributed by atoms with Gasteiger partial charge in [-0.1, -0.05) is 219 Å². The standard InChI is InChI=1S/C66H109NO8/c1-6-8-10-12-14-16-18-20-22-24-26-27-28-29-30-31-32-33-34-35-36-37-39-41-43-45-47-49-51-53-55-57-64(69)75-62(61-74-66(65(70)71)72-59-58-67(3,4)5)60-73-63(68)56-54-52-50-48-46-44-42-40-38-25-23-21-19-17-15-13-11-9-7-2/h8,10,14-17,20-23,26-27,29-30,32-33,35-36,38,40,62,66H,6-7,9,11-13,18-19,24-25,28,31,34,37,39,41-61H2,1-5H3/p+1/b10-8-,16-14-,17-15-,22-20-,23-21-,27-26-,30-29-,33-32-,36-35-,40-38-. The summed E-state index contributed by atoms with van der Waals surface area (Å²) in [5.74, 6) is -2.04. The highest BCUT2D eigenvalue weighted by molar-refractivity contribution is 5.71. The first-order valence-corrected chi connectivity index (χ1v) is 29.7. The van der Waals surface area contributed by atoms with Crippen molar-refractivity contribution in [3.8, 4) is 0 Å². The fourth-order valence-electron chi connectivity index (χ4n) is 7.65. The van der Waals surface area contributed by atoms with E-state index in [1.807, 2.05) is 21.1 Å². The molecule has 0 saturated heterocycles. The molecule has 0 fully saturated rings. The van der Waals surface area contributed by atoms with Gasteiger partial charge in [-0.25, -0.2) is 4.79 Å². The molecular weight excluding hydrogens is 935 g/mol. The Balaban J connectivity index is 4.29. The molecule has 0 heterocycles. The van der Waals surface area contributed by atoms with E-state index < -0.39 is 24.3 Å². The first-order chi connectivity index (χ1) is 36.6. The highest BCUT2D eigenvalue weighted by Gasteiger charge is 2.25. The second-order valence-corrected chi connectivity index (χ2v) is 20.6. The zero-order valence-corrected chi connectivity index (χ0v) is 48.4. The molecule has 0 amide bonds. The van der Waals surface area contributed by atoms with Crippen LogP contribution in [0.25, 0.3) is 0 Å². The third kappa shape index (κ3) is 57.2. The van der Waals surface area contributed by atoms with E-state index in [1.54, 1.807) is 0 Å². The molecule has 0 saturated carbocycles. The maximum atomic E-state index is 12.9. The monoisotopic (exact) mass is 1040 g/mol. The average Bonchev–Trinajstić information content (AvgIpc) is 3.38. The first-order valence-electron chi connectivity index (χ1n) is 29.7. The normalized spacial score (nSPS) is 13.7. The van der Waals surface area contributed by atoms with Gasteiger partial charge in [-0.2, -0.15) is 0 Å². The quantitative estimate of drug-likeness (QED) is 0.0211. The van der Waals surface area contributed by atoms with Crippen molar-refractivity contribution in [1.29, 1.82) is 0 Å². The molecule has 0 aliphatic heterocycles. The Morgan fingerprint density at radius 1 is 0.413 bits per heavy atom. The summed E-state index contributed by atoms with van der Waals surface area (Å²) in [6, 6.07) is 0. The van der Waals surface area contributed by atoms with E-state index in [-0.39, 0.29) is 38.6 Å². The van der Waals surface area contributed by atoms with E-state index in [4.69, 9.17) is 18.9 Å². The summed E-state index contributed by atoms with van der Waals surface area (Å²) in [6.07, 6.45) is 75.5. The van der Waals surface area contributed by atoms with Crippen LogP contribution < -0.4 is 0 Å². The molecule has 0 bridgehead atoms. The molecule has 2 unspecified atom stereocenters. The highest BCUT2D eigenvalue weighted by Crippen LogP contribution is 2.14. The van der Waals surface area contributed by atoms with E-state index in [1.165, 1.54) is 70.6 Å². The number of hydrogen-bond acceptors (Lipinski definition) is 7. The summed E-state index contributed by atoms with van der Waals surface area (Å²) < 4.78 is 22.9. The number of allylic oxidation sites excluding steroid dienone is 20. The second kappa shape index (κ2) is 55.9. The number of hydrogen-bond donors (Lipinski definition) is 1. The van der Waals surface area contributed by atoms with Gasteiger partial charge in [0, 0.05) is 12.8 Å². The van der Waals surface area contributed by atoms with E-state index >= 15 is 0 Å². The smallest absolute Gasteiger partial charge is 0.361 e. The molecule has 0 aromatic rings. The van der Waals surface area contributed by atoms with E-state index in [0.717, 1.165) is 116 Å². The van der Waals surface area contributed by atoms with Crippen LogP contribution in [0.15, 0.2) is 122 Å². The SMILES string of the molecule is CC/C=C\C/C=C\C/C=C\C/C=C\C/C=C\C/C=C\C/C=C\CCCCCCCCCCCC(=O)OC(COC(=O)CCCCCCCC/C=C\C/C=C\C/C=C\CCCCC)COC(OCC[N+](C)(C)C)C(=O)O. The van der Waals surface area contributed by atoms with Crippen LogP contribution in [0.5, 0.6) is 0 Å². The van der Waals surface area contributed by atoms with Gasteiger partial charge in [-0.3, -0.25) is 9.59 Å². The number of carbonyl (C=O) groups excluding carboxylic acids is 2. The number of quaternary nitrogens is 1. The van der Waals surface area contributed by atoms with Crippen molar-refractivity contribution in [2.75, 3.05) is 47.5 Å². The zero-order chi connectivity index (χ0) is 54.8. The summed E-state index contributed by atoms with van der Waals surface area (Å²) in [5.41, 5.74) is 0. The fourth-order valence-corrected chi connectivity index (χ4v) is 7.65. The number of carboxylic acid groups (broad SMARTS) is 1. The van der Waals surface area contributed by atoms with Crippen LogP contribution >= 0.6 is 0 Å². The number of carbonyl (C=O) groups is 3. The number of aliphatic carboxylic acids is 1. The van der Waals surface area contributed by atoms with Gasteiger partial charge in [0.05, 0.1) is 34.4 Å². The van der Waals surface area contributed by atoms with Crippen molar-refractivity contribution < 1.29 is 42.9 Å². The Kier molecular flexibility index (Phi) is 52.7. The van der Waals surface area contributed by atoms with Crippen molar-refractivity contribution in [2.45, 2.75) is 232 Å². The third-order valence-electron chi connectivity index (χ3n) is 12.2. The van der Waals surface area contributed by atoms with E-state index in [0.29, 0.717) is 17.4 Å². The zero-order valence-electron chi connectivity index (χ0n) is 48.4. The minimum absolute atomic E-state index is 0.178. The average molecular weight is 1050 g/mol. The molecular formula is C66H110NO8+.